The number of anilines is 3. The highest BCUT2D eigenvalue weighted by atomic mass is 15.1. The summed E-state index contributed by atoms with van der Waals surface area (Å²) in [6.07, 6.45) is 9.27. The van der Waals surface area contributed by atoms with E-state index >= 15 is 0 Å². The largest absolute Gasteiger partial charge is 0.310 e. The number of hydrogen-bond acceptors (Lipinski definition) is 1. The molecule has 7 aromatic carbocycles. The summed E-state index contributed by atoms with van der Waals surface area (Å²) in [7, 11) is 0. The fourth-order valence-electron chi connectivity index (χ4n) is 9.24. The van der Waals surface area contributed by atoms with Gasteiger partial charge in [0, 0.05) is 39.4 Å². The molecule has 2 aliphatic carbocycles. The van der Waals surface area contributed by atoms with Gasteiger partial charge in [0.15, 0.2) is 0 Å². The summed E-state index contributed by atoms with van der Waals surface area (Å²) >= 11 is 0. The van der Waals surface area contributed by atoms with Gasteiger partial charge in [0.25, 0.3) is 0 Å². The first-order valence-electron chi connectivity index (χ1n) is 18.3. The Labute approximate surface area is 305 Å². The molecule has 248 valence electrons. The number of nitrogens with zero attached hydrogens (tertiary/aromatic N) is 2. The van der Waals surface area contributed by atoms with E-state index in [1.54, 1.807) is 0 Å². The van der Waals surface area contributed by atoms with Gasteiger partial charge in [0.2, 0.25) is 0 Å². The van der Waals surface area contributed by atoms with Gasteiger partial charge < -0.3 is 9.47 Å². The van der Waals surface area contributed by atoms with E-state index in [2.05, 4.69) is 217 Å². The van der Waals surface area contributed by atoms with Crippen molar-refractivity contribution in [2.75, 3.05) is 4.90 Å². The third-order valence-corrected chi connectivity index (χ3v) is 11.4. The molecule has 8 aromatic rings. The molecule has 0 fully saturated rings. The van der Waals surface area contributed by atoms with Crippen LogP contribution in [0.25, 0.3) is 38.6 Å². The number of rotatable bonds is 6. The van der Waals surface area contributed by atoms with Crippen molar-refractivity contribution in [3.8, 4) is 16.8 Å². The smallest absolute Gasteiger partial charge is 0.0561 e. The van der Waals surface area contributed by atoms with Crippen LogP contribution in [-0.2, 0) is 5.41 Å². The average Bonchev–Trinajstić information content (AvgIpc) is 3.69. The van der Waals surface area contributed by atoms with E-state index in [1.807, 2.05) is 0 Å². The third kappa shape index (κ3) is 4.50. The Hall–Kier alpha value is -6.38. The first-order chi connectivity index (χ1) is 25.7. The summed E-state index contributed by atoms with van der Waals surface area (Å²) in [5.74, 6) is 0.584. The maximum absolute atomic E-state index is 2.49. The van der Waals surface area contributed by atoms with Crippen molar-refractivity contribution in [2.24, 2.45) is 11.8 Å². The highest BCUT2D eigenvalue weighted by Crippen LogP contribution is 2.59. The van der Waals surface area contributed by atoms with Crippen LogP contribution in [0.3, 0.4) is 0 Å². The van der Waals surface area contributed by atoms with E-state index in [4.69, 9.17) is 0 Å². The maximum atomic E-state index is 2.49. The van der Waals surface area contributed by atoms with Crippen LogP contribution in [0.15, 0.2) is 200 Å². The van der Waals surface area contributed by atoms with Gasteiger partial charge in [-0.1, -0.05) is 153 Å². The van der Waals surface area contributed by atoms with Crippen LogP contribution in [0.4, 0.5) is 17.1 Å². The van der Waals surface area contributed by atoms with Gasteiger partial charge in [-0.25, -0.2) is 0 Å². The number of para-hydroxylation sites is 3. The van der Waals surface area contributed by atoms with Crippen molar-refractivity contribution in [3.63, 3.8) is 0 Å². The molecule has 2 heteroatoms. The lowest BCUT2D eigenvalue weighted by atomic mass is 9.60. The average molecular weight is 667 g/mol. The quantitative estimate of drug-likeness (QED) is 0.171. The predicted molar refractivity (Wildman–Crippen MR) is 218 cm³/mol. The molecule has 3 atom stereocenters. The van der Waals surface area contributed by atoms with Gasteiger partial charge in [0.1, 0.15) is 0 Å². The molecule has 0 spiro atoms. The number of aromatic nitrogens is 1. The van der Waals surface area contributed by atoms with Gasteiger partial charge >= 0.3 is 0 Å². The molecule has 0 saturated carbocycles. The molecule has 10 rings (SSSR count). The van der Waals surface area contributed by atoms with Gasteiger partial charge in [0.05, 0.1) is 16.4 Å². The van der Waals surface area contributed by atoms with Crippen molar-refractivity contribution in [2.45, 2.75) is 12.3 Å². The van der Waals surface area contributed by atoms with E-state index in [9.17, 15) is 0 Å². The Kier molecular flexibility index (Phi) is 7.11. The van der Waals surface area contributed by atoms with Crippen LogP contribution in [0, 0.1) is 11.8 Å². The van der Waals surface area contributed by atoms with Crippen LogP contribution < -0.4 is 4.90 Å². The Morgan fingerprint density at radius 2 is 1.10 bits per heavy atom. The predicted octanol–water partition coefficient (Wildman–Crippen LogP) is 12.9. The molecule has 2 aliphatic rings. The molecule has 0 N–H and O–H groups in total. The molecule has 0 radical (unpaired) electrons. The summed E-state index contributed by atoms with van der Waals surface area (Å²) in [6.45, 7) is 2.37. The maximum Gasteiger partial charge on any atom is 0.0561 e. The Balaban J connectivity index is 1.24. The van der Waals surface area contributed by atoms with Gasteiger partial charge in [-0.2, -0.15) is 0 Å². The molecule has 0 aliphatic heterocycles. The first kappa shape index (κ1) is 30.4. The van der Waals surface area contributed by atoms with E-state index in [-0.39, 0.29) is 11.3 Å². The highest BCUT2D eigenvalue weighted by molar-refractivity contribution is 6.10. The minimum atomic E-state index is -0.365. The first-order valence-corrected chi connectivity index (χ1v) is 18.3. The molecule has 0 bridgehead atoms. The molecule has 1 heterocycles. The second-order valence-corrected chi connectivity index (χ2v) is 14.2. The van der Waals surface area contributed by atoms with E-state index in [0.29, 0.717) is 5.92 Å². The van der Waals surface area contributed by atoms with E-state index in [1.165, 1.54) is 49.6 Å². The minimum Gasteiger partial charge on any atom is -0.310 e. The van der Waals surface area contributed by atoms with Crippen molar-refractivity contribution in [3.05, 3.63) is 217 Å². The summed E-state index contributed by atoms with van der Waals surface area (Å²) in [5.41, 5.74) is 13.3. The summed E-state index contributed by atoms with van der Waals surface area (Å²) in [5, 5.41) is 2.50. The molecular formula is C50H38N2. The lowest BCUT2D eigenvalue weighted by molar-refractivity contribution is 0.374. The highest BCUT2D eigenvalue weighted by Gasteiger charge is 2.50. The third-order valence-electron chi connectivity index (χ3n) is 11.4. The van der Waals surface area contributed by atoms with Crippen LogP contribution in [0.2, 0.25) is 0 Å². The topological polar surface area (TPSA) is 8.17 Å². The fourth-order valence-corrected chi connectivity index (χ4v) is 9.24. The molecule has 0 saturated heterocycles. The molecule has 52 heavy (non-hydrogen) atoms. The number of allylic oxidation sites excluding steroid dienone is 4. The standard InChI is InChI=1S/C50H38N2/c1-35-17-11-14-26-45(35)50(36-18-5-2-6-19-36)46-27-15-12-24-41(46)42-31-29-39(33-47(42)50)51(37-20-7-3-8-21-37)40-30-32-44-43-25-13-16-28-48(43)52(49(44)34-40)38-22-9-4-10-23-38/h2-35,45H,1H3. The van der Waals surface area contributed by atoms with Crippen molar-refractivity contribution in [1.29, 1.82) is 0 Å². The monoisotopic (exact) mass is 666 g/mol. The Bertz CT molecular complexity index is 2650. The zero-order valence-electron chi connectivity index (χ0n) is 29.1. The molecule has 0 amide bonds. The molecular weight excluding hydrogens is 629 g/mol. The zero-order chi connectivity index (χ0) is 34.6. The lowest BCUT2D eigenvalue weighted by Crippen LogP contribution is -2.39. The van der Waals surface area contributed by atoms with E-state index in [0.717, 1.165) is 22.7 Å². The van der Waals surface area contributed by atoms with Gasteiger partial charge in [-0.05, 0) is 88.3 Å². The fraction of sp³-hybridized carbons (Fsp3) is 0.0800. The van der Waals surface area contributed by atoms with Gasteiger partial charge in [-0.3, -0.25) is 0 Å². The number of hydrogen-bond donors (Lipinski definition) is 0. The summed E-state index contributed by atoms with van der Waals surface area (Å²) in [6, 6.07) is 64.7. The number of fused-ring (bicyclic) bond motifs is 6. The van der Waals surface area contributed by atoms with Gasteiger partial charge in [-0.15, -0.1) is 0 Å². The van der Waals surface area contributed by atoms with Crippen LogP contribution >= 0.6 is 0 Å². The second-order valence-electron chi connectivity index (χ2n) is 14.2. The zero-order valence-corrected chi connectivity index (χ0v) is 29.1. The Morgan fingerprint density at radius 3 is 1.90 bits per heavy atom. The number of benzene rings is 7. The lowest BCUT2D eigenvalue weighted by Gasteiger charge is -2.42. The molecule has 1 aromatic heterocycles. The van der Waals surface area contributed by atoms with Crippen molar-refractivity contribution in [1.82, 2.24) is 4.57 Å². The van der Waals surface area contributed by atoms with Crippen molar-refractivity contribution >= 4 is 38.9 Å². The van der Waals surface area contributed by atoms with Crippen LogP contribution in [0.5, 0.6) is 0 Å². The SMILES string of the molecule is CC1C=CC=CC1C1(c2ccccc2)c2ccccc2-c2ccc(N(c3ccccc3)c3ccc4c5ccccc5n(-c5ccccc5)c4c3)cc21. The second kappa shape index (κ2) is 12.1. The molecule has 2 nitrogen and oxygen atoms in total. The summed E-state index contributed by atoms with van der Waals surface area (Å²) in [4.78, 5) is 2.44. The summed E-state index contributed by atoms with van der Waals surface area (Å²) < 4.78 is 2.40. The molecule has 3 unspecified atom stereocenters. The normalized spacial score (nSPS) is 18.8. The minimum absolute atomic E-state index is 0.237. The van der Waals surface area contributed by atoms with Crippen molar-refractivity contribution < 1.29 is 0 Å². The van der Waals surface area contributed by atoms with Crippen LogP contribution in [0.1, 0.15) is 23.6 Å². The Morgan fingerprint density at radius 1 is 0.481 bits per heavy atom. The van der Waals surface area contributed by atoms with Crippen LogP contribution in [-0.4, -0.2) is 4.57 Å². The van der Waals surface area contributed by atoms with E-state index < -0.39 is 0 Å².